The van der Waals surface area contributed by atoms with Crippen LogP contribution in [-0.2, 0) is 11.2 Å². The van der Waals surface area contributed by atoms with E-state index in [1.165, 1.54) is 0 Å². The number of rotatable bonds is 4. The summed E-state index contributed by atoms with van der Waals surface area (Å²) in [7, 11) is 1.67. The summed E-state index contributed by atoms with van der Waals surface area (Å²) in [5.41, 5.74) is 1.92. The lowest BCUT2D eigenvalue weighted by molar-refractivity contribution is -0.130. The van der Waals surface area contributed by atoms with E-state index in [0.29, 0.717) is 25.3 Å². The lowest BCUT2D eigenvalue weighted by Gasteiger charge is -2.34. The third-order valence-electron chi connectivity index (χ3n) is 5.28. The highest BCUT2D eigenvalue weighted by Gasteiger charge is 2.24. The predicted molar refractivity (Wildman–Crippen MR) is 111 cm³/mol. The van der Waals surface area contributed by atoms with Crippen LogP contribution < -0.4 is 19.1 Å². The molecule has 1 aromatic heterocycles. The Morgan fingerprint density at radius 2 is 1.93 bits per heavy atom. The number of anilines is 1. The van der Waals surface area contributed by atoms with Crippen molar-refractivity contribution in [3.63, 3.8) is 0 Å². The number of piperazine rings is 1. The van der Waals surface area contributed by atoms with Crippen LogP contribution in [0.5, 0.6) is 17.2 Å². The zero-order valence-corrected chi connectivity index (χ0v) is 16.9. The lowest BCUT2D eigenvalue weighted by Crippen LogP contribution is -2.49. The zero-order valence-electron chi connectivity index (χ0n) is 16.1. The van der Waals surface area contributed by atoms with Crippen molar-refractivity contribution in [3.8, 4) is 17.2 Å². The summed E-state index contributed by atoms with van der Waals surface area (Å²) in [4.78, 5) is 21.7. The Morgan fingerprint density at radius 3 is 2.76 bits per heavy atom. The number of benzene rings is 2. The molecule has 0 atom stereocenters. The van der Waals surface area contributed by atoms with Gasteiger partial charge in [-0.3, -0.25) is 4.79 Å². The van der Waals surface area contributed by atoms with Crippen LogP contribution in [0.15, 0.2) is 36.4 Å². The molecule has 2 aliphatic heterocycles. The van der Waals surface area contributed by atoms with Crippen LogP contribution in [0.4, 0.5) is 5.13 Å². The zero-order chi connectivity index (χ0) is 19.8. The molecule has 8 heteroatoms. The fourth-order valence-corrected chi connectivity index (χ4v) is 4.69. The highest BCUT2D eigenvalue weighted by atomic mass is 32.1. The average Bonchev–Trinajstić information content (AvgIpc) is 3.39. The molecule has 0 saturated carbocycles. The fourth-order valence-electron chi connectivity index (χ4n) is 3.64. The smallest absolute Gasteiger partial charge is 0.231 e. The molecule has 3 aromatic rings. The van der Waals surface area contributed by atoms with Crippen LogP contribution >= 0.6 is 11.3 Å². The molecule has 1 fully saturated rings. The van der Waals surface area contributed by atoms with Gasteiger partial charge in [-0.25, -0.2) is 4.98 Å². The molecule has 0 aliphatic carbocycles. The standard InChI is InChI=1S/C21H21N3O4S/c1-26-15-3-4-16-19(12-15)29-21(22-16)24-8-6-23(7-9-24)20(25)11-14-2-5-17-18(10-14)28-13-27-17/h2-5,10,12H,6-9,11,13H2,1H3. The van der Waals surface area contributed by atoms with Gasteiger partial charge in [0.25, 0.3) is 0 Å². The average molecular weight is 411 g/mol. The van der Waals surface area contributed by atoms with Crippen molar-refractivity contribution in [1.29, 1.82) is 0 Å². The molecule has 2 aliphatic rings. The molecule has 1 saturated heterocycles. The summed E-state index contributed by atoms with van der Waals surface area (Å²) >= 11 is 1.66. The van der Waals surface area contributed by atoms with Crippen molar-refractivity contribution in [3.05, 3.63) is 42.0 Å². The number of thiazole rings is 1. The minimum atomic E-state index is 0.137. The largest absolute Gasteiger partial charge is 0.497 e. The van der Waals surface area contributed by atoms with Crippen LogP contribution in [0, 0.1) is 0 Å². The van der Waals surface area contributed by atoms with Crippen LogP contribution in [0.3, 0.4) is 0 Å². The molecule has 1 amide bonds. The highest BCUT2D eigenvalue weighted by molar-refractivity contribution is 7.22. The monoisotopic (exact) mass is 411 g/mol. The molecule has 5 rings (SSSR count). The van der Waals surface area contributed by atoms with Gasteiger partial charge in [-0.15, -0.1) is 0 Å². The third-order valence-corrected chi connectivity index (χ3v) is 6.36. The maximum atomic E-state index is 12.7. The van der Waals surface area contributed by atoms with Crippen molar-refractivity contribution in [2.75, 3.05) is 45.0 Å². The van der Waals surface area contributed by atoms with E-state index in [2.05, 4.69) is 4.90 Å². The third kappa shape index (κ3) is 3.55. The number of ether oxygens (including phenoxy) is 3. The van der Waals surface area contributed by atoms with E-state index < -0.39 is 0 Å². The highest BCUT2D eigenvalue weighted by Crippen LogP contribution is 2.33. The summed E-state index contributed by atoms with van der Waals surface area (Å²) in [5.74, 6) is 2.43. The number of methoxy groups -OCH3 is 1. The van der Waals surface area contributed by atoms with Crippen molar-refractivity contribution < 1.29 is 19.0 Å². The van der Waals surface area contributed by atoms with Gasteiger partial charge in [0.2, 0.25) is 12.7 Å². The number of nitrogens with zero attached hydrogens (tertiary/aromatic N) is 3. The minimum Gasteiger partial charge on any atom is -0.497 e. The number of carbonyl (C=O) groups excluding carboxylic acids is 1. The van der Waals surface area contributed by atoms with Gasteiger partial charge < -0.3 is 24.0 Å². The molecule has 0 spiro atoms. The van der Waals surface area contributed by atoms with Gasteiger partial charge in [-0.1, -0.05) is 17.4 Å². The molecular formula is C21H21N3O4S. The van der Waals surface area contributed by atoms with Gasteiger partial charge in [0, 0.05) is 26.2 Å². The first kappa shape index (κ1) is 18.1. The van der Waals surface area contributed by atoms with E-state index in [0.717, 1.165) is 45.5 Å². The van der Waals surface area contributed by atoms with Crippen molar-refractivity contribution in [1.82, 2.24) is 9.88 Å². The first-order valence-electron chi connectivity index (χ1n) is 9.55. The number of fused-ring (bicyclic) bond motifs is 2. The Kier molecular flexibility index (Phi) is 4.63. The summed E-state index contributed by atoms with van der Waals surface area (Å²) < 4.78 is 17.1. The Morgan fingerprint density at radius 1 is 1.10 bits per heavy atom. The molecule has 7 nitrogen and oxygen atoms in total. The van der Waals surface area contributed by atoms with Gasteiger partial charge >= 0.3 is 0 Å². The van der Waals surface area contributed by atoms with E-state index in [9.17, 15) is 4.79 Å². The Labute approximate surface area is 172 Å². The molecular weight excluding hydrogens is 390 g/mol. The second-order valence-electron chi connectivity index (χ2n) is 7.06. The molecule has 0 bridgehead atoms. The lowest BCUT2D eigenvalue weighted by atomic mass is 10.1. The first-order chi connectivity index (χ1) is 14.2. The normalized spacial score (nSPS) is 15.8. The number of aromatic nitrogens is 1. The summed E-state index contributed by atoms with van der Waals surface area (Å²) in [6.45, 7) is 3.20. The molecule has 3 heterocycles. The number of amides is 1. The van der Waals surface area contributed by atoms with E-state index in [1.54, 1.807) is 18.4 Å². The van der Waals surface area contributed by atoms with Gasteiger partial charge in [-0.05, 0) is 35.9 Å². The maximum absolute atomic E-state index is 12.7. The number of hydrogen-bond acceptors (Lipinski definition) is 7. The van der Waals surface area contributed by atoms with Gasteiger partial charge in [0.05, 0.1) is 23.7 Å². The summed E-state index contributed by atoms with van der Waals surface area (Å²) in [6, 6.07) is 11.6. The number of carbonyl (C=O) groups is 1. The molecule has 150 valence electrons. The Balaban J connectivity index is 1.21. The van der Waals surface area contributed by atoms with Gasteiger partial charge in [0.15, 0.2) is 16.6 Å². The number of hydrogen-bond donors (Lipinski definition) is 0. The molecule has 2 aromatic carbocycles. The first-order valence-corrected chi connectivity index (χ1v) is 10.4. The van der Waals surface area contributed by atoms with Crippen LogP contribution in [-0.4, -0.2) is 55.9 Å². The van der Waals surface area contributed by atoms with E-state index in [1.807, 2.05) is 41.3 Å². The SMILES string of the molecule is COc1ccc2nc(N3CCN(C(=O)Cc4ccc5c(c4)OCO5)CC3)sc2c1. The fraction of sp³-hybridized carbons (Fsp3) is 0.333. The van der Waals surface area contributed by atoms with Crippen LogP contribution in [0.25, 0.3) is 10.2 Å². The van der Waals surface area contributed by atoms with Gasteiger partial charge in [0.1, 0.15) is 5.75 Å². The summed E-state index contributed by atoms with van der Waals surface area (Å²) in [6.07, 6.45) is 0.373. The van der Waals surface area contributed by atoms with Gasteiger partial charge in [-0.2, -0.15) is 0 Å². The van der Waals surface area contributed by atoms with Crippen molar-refractivity contribution >= 4 is 32.6 Å². The van der Waals surface area contributed by atoms with Crippen molar-refractivity contribution in [2.24, 2.45) is 0 Å². The maximum Gasteiger partial charge on any atom is 0.231 e. The molecule has 0 radical (unpaired) electrons. The van der Waals surface area contributed by atoms with Crippen LogP contribution in [0.1, 0.15) is 5.56 Å². The summed E-state index contributed by atoms with van der Waals surface area (Å²) in [5, 5.41) is 0.996. The topological polar surface area (TPSA) is 64.1 Å². The Bertz CT molecular complexity index is 1060. The minimum absolute atomic E-state index is 0.137. The van der Waals surface area contributed by atoms with E-state index in [4.69, 9.17) is 19.2 Å². The quantitative estimate of drug-likeness (QED) is 0.658. The predicted octanol–water partition coefficient (Wildman–Crippen LogP) is 2.92. The van der Waals surface area contributed by atoms with Crippen molar-refractivity contribution in [2.45, 2.75) is 6.42 Å². The molecule has 0 unspecified atom stereocenters. The molecule has 0 N–H and O–H groups in total. The Hall–Kier alpha value is -3.00. The molecule has 29 heavy (non-hydrogen) atoms. The van der Waals surface area contributed by atoms with Crippen LogP contribution in [0.2, 0.25) is 0 Å². The second kappa shape index (κ2) is 7.44. The second-order valence-corrected chi connectivity index (χ2v) is 8.07. The van der Waals surface area contributed by atoms with E-state index >= 15 is 0 Å². The van der Waals surface area contributed by atoms with E-state index in [-0.39, 0.29) is 12.7 Å².